The quantitative estimate of drug-likeness (QED) is 0.774. The van der Waals surface area contributed by atoms with Gasteiger partial charge in [-0.25, -0.2) is 0 Å². The Morgan fingerprint density at radius 3 is 2.95 bits per heavy atom. The number of nitriles is 1. The van der Waals surface area contributed by atoms with E-state index in [1.807, 2.05) is 12.1 Å². The van der Waals surface area contributed by atoms with Crippen molar-refractivity contribution in [1.82, 2.24) is 4.90 Å². The van der Waals surface area contributed by atoms with Gasteiger partial charge in [0.15, 0.2) is 0 Å². The van der Waals surface area contributed by atoms with Crippen LogP contribution in [0.2, 0.25) is 0 Å². The topological polar surface area (TPSA) is 45.5 Å². The first-order valence-electron chi connectivity index (χ1n) is 7.25. The van der Waals surface area contributed by atoms with Crippen molar-refractivity contribution in [3.05, 3.63) is 29.8 Å². The zero-order valence-electron chi connectivity index (χ0n) is 12.0. The van der Waals surface area contributed by atoms with Gasteiger partial charge in [-0.3, -0.25) is 0 Å². The SMILES string of the molecule is CC1CN(CCCOc2ccc(C#N)cc2)CCCO1. The molecule has 108 valence electrons. The molecule has 1 fully saturated rings. The zero-order chi connectivity index (χ0) is 14.2. The fourth-order valence-electron chi connectivity index (χ4n) is 2.39. The molecule has 0 N–H and O–H groups in total. The second-order valence-electron chi connectivity index (χ2n) is 5.17. The number of rotatable bonds is 5. The standard InChI is InChI=1S/C16H22N2O2/c1-14-13-18(8-2-10-19-14)9-3-11-20-16-6-4-15(12-17)5-7-16/h4-7,14H,2-3,8-11,13H2,1H3. The van der Waals surface area contributed by atoms with Gasteiger partial charge in [-0.05, 0) is 44.0 Å². The molecule has 1 aromatic carbocycles. The zero-order valence-corrected chi connectivity index (χ0v) is 12.0. The summed E-state index contributed by atoms with van der Waals surface area (Å²) in [7, 11) is 0. The van der Waals surface area contributed by atoms with E-state index in [9.17, 15) is 0 Å². The van der Waals surface area contributed by atoms with Gasteiger partial charge in [0, 0.05) is 26.2 Å². The second-order valence-corrected chi connectivity index (χ2v) is 5.17. The Balaban J connectivity index is 1.66. The summed E-state index contributed by atoms with van der Waals surface area (Å²) in [4.78, 5) is 2.44. The van der Waals surface area contributed by atoms with Crippen molar-refractivity contribution in [2.24, 2.45) is 0 Å². The summed E-state index contributed by atoms with van der Waals surface area (Å²) < 4.78 is 11.3. The van der Waals surface area contributed by atoms with E-state index in [4.69, 9.17) is 14.7 Å². The van der Waals surface area contributed by atoms with Crippen molar-refractivity contribution in [3.8, 4) is 11.8 Å². The lowest BCUT2D eigenvalue weighted by Gasteiger charge is -2.21. The van der Waals surface area contributed by atoms with Gasteiger partial charge in [0.25, 0.3) is 0 Å². The third-order valence-corrected chi connectivity index (χ3v) is 3.41. The van der Waals surface area contributed by atoms with E-state index in [-0.39, 0.29) is 0 Å². The molecule has 0 spiro atoms. The molecule has 1 heterocycles. The van der Waals surface area contributed by atoms with E-state index in [0.29, 0.717) is 18.3 Å². The minimum Gasteiger partial charge on any atom is -0.494 e. The molecule has 4 heteroatoms. The van der Waals surface area contributed by atoms with Crippen LogP contribution in [0.5, 0.6) is 5.75 Å². The highest BCUT2D eigenvalue weighted by molar-refractivity contribution is 5.34. The minimum atomic E-state index is 0.331. The van der Waals surface area contributed by atoms with Crippen LogP contribution in [0.15, 0.2) is 24.3 Å². The first-order chi connectivity index (χ1) is 9.78. The van der Waals surface area contributed by atoms with Crippen LogP contribution in [-0.2, 0) is 4.74 Å². The van der Waals surface area contributed by atoms with E-state index >= 15 is 0 Å². The molecule has 1 aliphatic heterocycles. The summed E-state index contributed by atoms with van der Waals surface area (Å²) in [6.45, 7) is 6.88. The van der Waals surface area contributed by atoms with E-state index < -0.39 is 0 Å². The monoisotopic (exact) mass is 274 g/mol. The Morgan fingerprint density at radius 1 is 1.40 bits per heavy atom. The maximum Gasteiger partial charge on any atom is 0.119 e. The second kappa shape index (κ2) is 7.88. The molecular weight excluding hydrogens is 252 g/mol. The average molecular weight is 274 g/mol. The number of hydrogen-bond donors (Lipinski definition) is 0. The maximum atomic E-state index is 8.72. The summed E-state index contributed by atoms with van der Waals surface area (Å²) in [6, 6.07) is 9.36. The van der Waals surface area contributed by atoms with Crippen LogP contribution in [-0.4, -0.2) is 43.9 Å². The van der Waals surface area contributed by atoms with Crippen LogP contribution in [0.1, 0.15) is 25.3 Å². The molecule has 4 nitrogen and oxygen atoms in total. The molecule has 0 radical (unpaired) electrons. The van der Waals surface area contributed by atoms with E-state index in [1.165, 1.54) is 0 Å². The van der Waals surface area contributed by atoms with Crippen LogP contribution in [0, 0.1) is 11.3 Å². The molecule has 1 unspecified atom stereocenters. The number of ether oxygens (including phenoxy) is 2. The van der Waals surface area contributed by atoms with E-state index in [0.717, 1.165) is 44.8 Å². The van der Waals surface area contributed by atoms with E-state index in [2.05, 4.69) is 17.9 Å². The van der Waals surface area contributed by atoms with Crippen molar-refractivity contribution in [3.63, 3.8) is 0 Å². The number of hydrogen-bond acceptors (Lipinski definition) is 4. The lowest BCUT2D eigenvalue weighted by atomic mass is 10.2. The molecule has 0 aromatic heterocycles. The Hall–Kier alpha value is -1.57. The molecule has 0 bridgehead atoms. The average Bonchev–Trinajstić information content (AvgIpc) is 2.68. The number of benzene rings is 1. The molecular formula is C16H22N2O2. The van der Waals surface area contributed by atoms with Gasteiger partial charge in [0.1, 0.15) is 5.75 Å². The summed E-state index contributed by atoms with van der Waals surface area (Å²) in [5.41, 5.74) is 0.663. The van der Waals surface area contributed by atoms with Crippen LogP contribution in [0.4, 0.5) is 0 Å². The van der Waals surface area contributed by atoms with Crippen LogP contribution >= 0.6 is 0 Å². The van der Waals surface area contributed by atoms with Crippen molar-refractivity contribution in [2.75, 3.05) is 32.8 Å². The number of nitrogens with zero attached hydrogens (tertiary/aromatic N) is 2. The van der Waals surface area contributed by atoms with Gasteiger partial charge in [0.05, 0.1) is 24.3 Å². The molecule has 1 aromatic rings. The normalized spacial score (nSPS) is 20.1. The highest BCUT2D eigenvalue weighted by atomic mass is 16.5. The van der Waals surface area contributed by atoms with Crippen molar-refractivity contribution in [1.29, 1.82) is 5.26 Å². The molecule has 1 atom stereocenters. The summed E-state index contributed by atoms with van der Waals surface area (Å²) in [6.07, 6.45) is 2.45. The van der Waals surface area contributed by atoms with Gasteiger partial charge < -0.3 is 14.4 Å². The largest absolute Gasteiger partial charge is 0.494 e. The van der Waals surface area contributed by atoms with Gasteiger partial charge in [-0.1, -0.05) is 0 Å². The highest BCUT2D eigenvalue weighted by Gasteiger charge is 2.14. The van der Waals surface area contributed by atoms with Crippen LogP contribution in [0.25, 0.3) is 0 Å². The Morgan fingerprint density at radius 2 is 2.20 bits per heavy atom. The minimum absolute atomic E-state index is 0.331. The van der Waals surface area contributed by atoms with E-state index in [1.54, 1.807) is 12.1 Å². The van der Waals surface area contributed by atoms with Gasteiger partial charge in [-0.15, -0.1) is 0 Å². The first-order valence-corrected chi connectivity index (χ1v) is 7.25. The summed E-state index contributed by atoms with van der Waals surface area (Å²) in [5, 5.41) is 8.72. The Bertz CT molecular complexity index is 439. The molecule has 2 rings (SSSR count). The lowest BCUT2D eigenvalue weighted by Crippen LogP contribution is -2.31. The maximum absolute atomic E-state index is 8.72. The van der Waals surface area contributed by atoms with Gasteiger partial charge in [-0.2, -0.15) is 5.26 Å². The molecule has 0 aliphatic carbocycles. The smallest absolute Gasteiger partial charge is 0.119 e. The highest BCUT2D eigenvalue weighted by Crippen LogP contribution is 2.12. The fraction of sp³-hybridized carbons (Fsp3) is 0.562. The Labute approximate surface area is 120 Å². The van der Waals surface area contributed by atoms with Gasteiger partial charge >= 0.3 is 0 Å². The van der Waals surface area contributed by atoms with Crippen LogP contribution in [0.3, 0.4) is 0 Å². The van der Waals surface area contributed by atoms with Gasteiger partial charge in [0.2, 0.25) is 0 Å². The summed E-state index contributed by atoms with van der Waals surface area (Å²) in [5.74, 6) is 0.830. The predicted molar refractivity (Wildman–Crippen MR) is 77.7 cm³/mol. The first kappa shape index (κ1) is 14.8. The predicted octanol–water partition coefficient (Wildman–Crippen LogP) is 2.44. The summed E-state index contributed by atoms with van der Waals surface area (Å²) >= 11 is 0. The molecule has 1 aliphatic rings. The molecule has 0 amide bonds. The van der Waals surface area contributed by atoms with Crippen LogP contribution < -0.4 is 4.74 Å². The molecule has 0 saturated carbocycles. The Kier molecular flexibility index (Phi) is 5.85. The van der Waals surface area contributed by atoms with Crippen molar-refractivity contribution >= 4 is 0 Å². The van der Waals surface area contributed by atoms with Crippen molar-refractivity contribution < 1.29 is 9.47 Å². The van der Waals surface area contributed by atoms with Crippen molar-refractivity contribution in [2.45, 2.75) is 25.9 Å². The lowest BCUT2D eigenvalue weighted by molar-refractivity contribution is 0.0670. The third-order valence-electron chi connectivity index (χ3n) is 3.41. The molecule has 20 heavy (non-hydrogen) atoms. The third kappa shape index (κ3) is 4.84. The fourth-order valence-corrected chi connectivity index (χ4v) is 2.39. The molecule has 1 saturated heterocycles.